The Hall–Kier alpha value is -3.16. The molecule has 1 aromatic carbocycles. The summed E-state index contributed by atoms with van der Waals surface area (Å²) < 4.78 is 9.90. The number of nitrogens with one attached hydrogen (secondary N) is 1. The third-order valence-corrected chi connectivity index (χ3v) is 4.11. The molecule has 8 nitrogen and oxygen atoms in total. The van der Waals surface area contributed by atoms with Crippen LogP contribution in [0.2, 0.25) is 0 Å². The summed E-state index contributed by atoms with van der Waals surface area (Å²) in [6, 6.07) is 6.95. The normalized spacial score (nSPS) is 13.8. The van der Waals surface area contributed by atoms with E-state index in [0.29, 0.717) is 30.1 Å². The van der Waals surface area contributed by atoms with E-state index < -0.39 is 18.5 Å². The fourth-order valence-corrected chi connectivity index (χ4v) is 2.82. The van der Waals surface area contributed by atoms with Gasteiger partial charge in [0.15, 0.2) is 6.61 Å². The Balaban J connectivity index is 1.53. The van der Waals surface area contributed by atoms with Gasteiger partial charge in [0, 0.05) is 24.3 Å². The smallest absolute Gasteiger partial charge is 0.344 e. The molecule has 0 bridgehead atoms. The van der Waals surface area contributed by atoms with Gasteiger partial charge in [-0.1, -0.05) is 5.16 Å². The number of anilines is 2. The quantitative estimate of drug-likeness (QED) is 0.823. The molecule has 1 aliphatic heterocycles. The van der Waals surface area contributed by atoms with Gasteiger partial charge in [-0.05, 0) is 44.5 Å². The van der Waals surface area contributed by atoms with Crippen molar-refractivity contribution in [3.63, 3.8) is 0 Å². The minimum atomic E-state index is -0.653. The summed E-state index contributed by atoms with van der Waals surface area (Å²) in [5.74, 6) is -0.664. The van der Waals surface area contributed by atoms with Gasteiger partial charge in [0.1, 0.15) is 11.3 Å². The molecule has 26 heavy (non-hydrogen) atoms. The first-order valence-corrected chi connectivity index (χ1v) is 8.26. The summed E-state index contributed by atoms with van der Waals surface area (Å²) in [6.07, 6.45) is 1.42. The van der Waals surface area contributed by atoms with Crippen LogP contribution < -0.4 is 10.2 Å². The molecule has 3 rings (SSSR count). The van der Waals surface area contributed by atoms with Crippen LogP contribution in [0.3, 0.4) is 0 Å². The molecule has 1 N–H and O–H groups in total. The molecule has 0 radical (unpaired) electrons. The van der Waals surface area contributed by atoms with Crippen molar-refractivity contribution >= 4 is 29.2 Å². The molecule has 1 aliphatic rings. The van der Waals surface area contributed by atoms with Crippen molar-refractivity contribution in [1.82, 2.24) is 5.16 Å². The molecule has 136 valence electrons. The van der Waals surface area contributed by atoms with Gasteiger partial charge in [0.05, 0.1) is 5.69 Å². The fourth-order valence-electron chi connectivity index (χ4n) is 2.82. The number of rotatable bonds is 5. The number of aryl methyl sites for hydroxylation is 2. The van der Waals surface area contributed by atoms with Crippen molar-refractivity contribution in [2.45, 2.75) is 26.7 Å². The molecule has 1 fully saturated rings. The third kappa shape index (κ3) is 3.74. The molecule has 0 saturated carbocycles. The van der Waals surface area contributed by atoms with E-state index in [-0.39, 0.29) is 11.5 Å². The van der Waals surface area contributed by atoms with Gasteiger partial charge in [-0.15, -0.1) is 0 Å². The summed E-state index contributed by atoms with van der Waals surface area (Å²) in [7, 11) is 0. The second-order valence-corrected chi connectivity index (χ2v) is 6.02. The van der Waals surface area contributed by atoms with E-state index in [2.05, 4.69) is 10.5 Å². The van der Waals surface area contributed by atoms with Crippen LogP contribution in [-0.4, -0.2) is 36.1 Å². The number of aromatic nitrogens is 1. The summed E-state index contributed by atoms with van der Waals surface area (Å²) in [5, 5.41) is 6.32. The first-order valence-electron chi connectivity index (χ1n) is 8.26. The number of nitrogens with zero attached hydrogens (tertiary/aromatic N) is 2. The Morgan fingerprint density at radius 3 is 2.58 bits per heavy atom. The van der Waals surface area contributed by atoms with E-state index in [1.165, 1.54) is 0 Å². The van der Waals surface area contributed by atoms with E-state index in [1.54, 1.807) is 43.0 Å². The van der Waals surface area contributed by atoms with E-state index in [9.17, 15) is 14.4 Å². The molecule has 2 amide bonds. The summed E-state index contributed by atoms with van der Waals surface area (Å²) in [5.41, 5.74) is 2.01. The predicted octanol–water partition coefficient (Wildman–Crippen LogP) is 2.21. The van der Waals surface area contributed by atoms with Crippen molar-refractivity contribution in [3.8, 4) is 0 Å². The van der Waals surface area contributed by atoms with Gasteiger partial charge in [-0.2, -0.15) is 0 Å². The standard InChI is InChI=1S/C18H19N3O5/c1-11-17(12(2)26-20-11)18(24)25-10-15(22)19-13-5-7-14(8-6-13)21-9-3-4-16(21)23/h5-8H,3-4,9-10H2,1-2H3,(H,19,22). The average molecular weight is 357 g/mol. The molecule has 2 aromatic rings. The minimum absolute atomic E-state index is 0.105. The number of amides is 2. The fraction of sp³-hybridized carbons (Fsp3) is 0.333. The van der Waals surface area contributed by atoms with Crippen LogP contribution in [0.25, 0.3) is 0 Å². The van der Waals surface area contributed by atoms with E-state index in [1.807, 2.05) is 0 Å². The molecule has 0 unspecified atom stereocenters. The van der Waals surface area contributed by atoms with Gasteiger partial charge in [0.2, 0.25) is 5.91 Å². The van der Waals surface area contributed by atoms with Crippen LogP contribution in [0.1, 0.15) is 34.7 Å². The monoisotopic (exact) mass is 357 g/mol. The number of carbonyl (C=O) groups is 3. The topological polar surface area (TPSA) is 102 Å². The number of ether oxygens (including phenoxy) is 1. The highest BCUT2D eigenvalue weighted by atomic mass is 16.5. The number of hydrogen-bond acceptors (Lipinski definition) is 6. The van der Waals surface area contributed by atoms with Gasteiger partial charge in [0.25, 0.3) is 5.91 Å². The first kappa shape index (κ1) is 17.7. The first-order chi connectivity index (χ1) is 12.5. The molecular weight excluding hydrogens is 338 g/mol. The molecule has 0 atom stereocenters. The highest BCUT2D eigenvalue weighted by molar-refractivity contribution is 5.97. The Labute approximate surface area is 150 Å². The maximum absolute atomic E-state index is 12.0. The molecule has 1 aromatic heterocycles. The summed E-state index contributed by atoms with van der Waals surface area (Å²) in [4.78, 5) is 37.4. The summed E-state index contributed by atoms with van der Waals surface area (Å²) >= 11 is 0. The maximum Gasteiger partial charge on any atom is 0.344 e. The Kier molecular flexibility index (Phi) is 5.01. The van der Waals surface area contributed by atoms with Crippen LogP contribution in [0.15, 0.2) is 28.8 Å². The number of carbonyl (C=O) groups excluding carboxylic acids is 3. The minimum Gasteiger partial charge on any atom is -0.452 e. The molecule has 0 aliphatic carbocycles. The lowest BCUT2D eigenvalue weighted by atomic mass is 10.2. The van der Waals surface area contributed by atoms with Crippen LogP contribution in [0.5, 0.6) is 0 Å². The number of hydrogen-bond donors (Lipinski definition) is 1. The zero-order chi connectivity index (χ0) is 18.7. The van der Waals surface area contributed by atoms with E-state index >= 15 is 0 Å². The Morgan fingerprint density at radius 1 is 1.27 bits per heavy atom. The number of benzene rings is 1. The van der Waals surface area contributed by atoms with Crippen molar-refractivity contribution in [2.24, 2.45) is 0 Å². The van der Waals surface area contributed by atoms with Crippen molar-refractivity contribution in [1.29, 1.82) is 0 Å². The zero-order valence-electron chi connectivity index (χ0n) is 14.6. The highest BCUT2D eigenvalue weighted by Gasteiger charge is 2.22. The molecule has 8 heteroatoms. The lowest BCUT2D eigenvalue weighted by Crippen LogP contribution is -2.24. The van der Waals surface area contributed by atoms with Gasteiger partial charge in [-0.3, -0.25) is 9.59 Å². The largest absolute Gasteiger partial charge is 0.452 e. The van der Waals surface area contributed by atoms with Gasteiger partial charge < -0.3 is 19.5 Å². The maximum atomic E-state index is 12.0. The Morgan fingerprint density at radius 2 is 2.00 bits per heavy atom. The highest BCUT2D eigenvalue weighted by Crippen LogP contribution is 2.23. The molecule has 1 saturated heterocycles. The van der Waals surface area contributed by atoms with Crippen molar-refractivity contribution < 1.29 is 23.6 Å². The molecule has 0 spiro atoms. The zero-order valence-corrected chi connectivity index (χ0v) is 14.6. The predicted molar refractivity (Wildman–Crippen MR) is 92.9 cm³/mol. The van der Waals surface area contributed by atoms with E-state index in [4.69, 9.17) is 9.26 Å². The third-order valence-electron chi connectivity index (χ3n) is 4.11. The molecule has 2 heterocycles. The number of esters is 1. The lowest BCUT2D eigenvalue weighted by Gasteiger charge is -2.16. The molecular formula is C18H19N3O5. The van der Waals surface area contributed by atoms with Crippen LogP contribution in [0.4, 0.5) is 11.4 Å². The summed E-state index contributed by atoms with van der Waals surface area (Å²) in [6.45, 7) is 3.51. The van der Waals surface area contributed by atoms with Crippen molar-refractivity contribution in [3.05, 3.63) is 41.3 Å². The second kappa shape index (κ2) is 7.38. The van der Waals surface area contributed by atoms with Gasteiger partial charge in [-0.25, -0.2) is 4.79 Å². The van der Waals surface area contributed by atoms with E-state index in [0.717, 1.165) is 12.1 Å². The SMILES string of the molecule is Cc1noc(C)c1C(=O)OCC(=O)Nc1ccc(N2CCCC2=O)cc1. The van der Waals surface area contributed by atoms with Gasteiger partial charge >= 0.3 is 5.97 Å². The second-order valence-electron chi connectivity index (χ2n) is 6.02. The lowest BCUT2D eigenvalue weighted by molar-refractivity contribution is -0.119. The van der Waals surface area contributed by atoms with Crippen LogP contribution in [0, 0.1) is 13.8 Å². The average Bonchev–Trinajstić information content (AvgIpc) is 3.19. The van der Waals surface area contributed by atoms with Crippen LogP contribution in [-0.2, 0) is 14.3 Å². The van der Waals surface area contributed by atoms with Crippen molar-refractivity contribution in [2.75, 3.05) is 23.4 Å². The van der Waals surface area contributed by atoms with Crippen LogP contribution >= 0.6 is 0 Å². The Bertz CT molecular complexity index is 822.